The minimum absolute atomic E-state index is 0.0186. The highest BCUT2D eigenvalue weighted by Crippen LogP contribution is 2.38. The van der Waals surface area contributed by atoms with Crippen molar-refractivity contribution in [3.05, 3.63) is 24.0 Å². The molecule has 0 bridgehead atoms. The number of rotatable bonds is 0. The van der Waals surface area contributed by atoms with Crippen LogP contribution in [0.2, 0.25) is 0 Å². The van der Waals surface area contributed by atoms with Crippen molar-refractivity contribution in [2.24, 2.45) is 0 Å². The van der Waals surface area contributed by atoms with E-state index in [1.165, 1.54) is 5.56 Å². The molecular weight excluding hydrogens is 176 g/mol. The summed E-state index contributed by atoms with van der Waals surface area (Å²) < 4.78 is 6.00. The quantitative estimate of drug-likeness (QED) is 0.666. The summed E-state index contributed by atoms with van der Waals surface area (Å²) in [6.07, 6.45) is 5.80. The molecule has 2 aliphatic heterocycles. The molecule has 0 aliphatic carbocycles. The second-order valence-corrected chi connectivity index (χ2v) is 4.43. The third-order valence-corrected chi connectivity index (χ3v) is 3.16. The van der Waals surface area contributed by atoms with E-state index in [2.05, 4.69) is 23.3 Å². The Bertz CT molecular complexity index is 339. The van der Waals surface area contributed by atoms with Crippen LogP contribution < -0.4 is 10.1 Å². The Balaban J connectivity index is 1.91. The van der Waals surface area contributed by atoms with Crippen molar-refractivity contribution in [1.29, 1.82) is 0 Å². The second-order valence-electron chi connectivity index (χ2n) is 4.43. The highest BCUT2D eigenvalue weighted by Gasteiger charge is 2.44. The van der Waals surface area contributed by atoms with E-state index in [-0.39, 0.29) is 5.60 Å². The van der Waals surface area contributed by atoms with Crippen molar-refractivity contribution in [2.45, 2.75) is 31.4 Å². The third-order valence-electron chi connectivity index (χ3n) is 3.16. The minimum atomic E-state index is 0.0186. The highest BCUT2D eigenvalue weighted by atomic mass is 16.5. The van der Waals surface area contributed by atoms with Crippen LogP contribution in [0.5, 0.6) is 5.75 Å². The van der Waals surface area contributed by atoms with Gasteiger partial charge in [-0.15, -0.1) is 0 Å². The van der Waals surface area contributed by atoms with Crippen molar-refractivity contribution in [2.75, 3.05) is 6.54 Å². The molecule has 3 rings (SSSR count). The molecule has 2 atom stereocenters. The van der Waals surface area contributed by atoms with E-state index in [0.717, 1.165) is 25.1 Å². The standard InChI is InChI=1S/C11H14N2O/c1-8-4-11(7-13-8)5-9-2-3-12-6-10(9)14-11/h2-3,6,8,13H,4-5,7H2,1H3. The summed E-state index contributed by atoms with van der Waals surface area (Å²) >= 11 is 0. The zero-order valence-corrected chi connectivity index (χ0v) is 8.29. The van der Waals surface area contributed by atoms with Crippen LogP contribution in [0.25, 0.3) is 0 Å². The zero-order chi connectivity index (χ0) is 9.60. The lowest BCUT2D eigenvalue weighted by Gasteiger charge is -2.21. The molecule has 3 heteroatoms. The number of ether oxygens (including phenoxy) is 1. The molecule has 1 aromatic rings. The predicted octanol–water partition coefficient (Wildman–Crippen LogP) is 1.14. The Labute approximate surface area is 83.5 Å². The van der Waals surface area contributed by atoms with Crippen LogP contribution in [0.1, 0.15) is 18.9 Å². The van der Waals surface area contributed by atoms with Crippen LogP contribution >= 0.6 is 0 Å². The minimum Gasteiger partial charge on any atom is -0.484 e. The Morgan fingerprint density at radius 2 is 2.57 bits per heavy atom. The number of nitrogens with one attached hydrogen (secondary N) is 1. The van der Waals surface area contributed by atoms with E-state index < -0.39 is 0 Å². The molecule has 1 fully saturated rings. The number of pyridine rings is 1. The lowest BCUT2D eigenvalue weighted by molar-refractivity contribution is 0.115. The van der Waals surface area contributed by atoms with Gasteiger partial charge in [0.2, 0.25) is 0 Å². The first-order valence-electron chi connectivity index (χ1n) is 5.13. The molecular formula is C11H14N2O. The molecule has 2 unspecified atom stereocenters. The molecule has 0 saturated carbocycles. The van der Waals surface area contributed by atoms with Gasteiger partial charge in [0.05, 0.1) is 6.20 Å². The fourth-order valence-corrected chi connectivity index (χ4v) is 2.54. The van der Waals surface area contributed by atoms with E-state index in [1.807, 2.05) is 12.4 Å². The van der Waals surface area contributed by atoms with Crippen LogP contribution in [0.4, 0.5) is 0 Å². The lowest BCUT2D eigenvalue weighted by Crippen LogP contribution is -2.36. The summed E-state index contributed by atoms with van der Waals surface area (Å²) in [5.74, 6) is 0.975. The Morgan fingerprint density at radius 1 is 1.64 bits per heavy atom. The summed E-state index contributed by atoms with van der Waals surface area (Å²) in [5.41, 5.74) is 1.32. The zero-order valence-electron chi connectivity index (χ0n) is 8.29. The maximum atomic E-state index is 6.00. The fourth-order valence-electron chi connectivity index (χ4n) is 2.54. The number of hydrogen-bond donors (Lipinski definition) is 1. The van der Waals surface area contributed by atoms with Gasteiger partial charge in [-0.2, -0.15) is 0 Å². The topological polar surface area (TPSA) is 34.2 Å². The van der Waals surface area contributed by atoms with Crippen molar-refractivity contribution < 1.29 is 4.74 Å². The Hall–Kier alpha value is -1.09. The van der Waals surface area contributed by atoms with E-state index in [0.29, 0.717) is 6.04 Å². The van der Waals surface area contributed by atoms with Gasteiger partial charge in [0.1, 0.15) is 11.4 Å². The number of fused-ring (bicyclic) bond motifs is 1. The fraction of sp³-hybridized carbons (Fsp3) is 0.545. The number of nitrogens with zero attached hydrogens (tertiary/aromatic N) is 1. The maximum Gasteiger partial charge on any atom is 0.141 e. The van der Waals surface area contributed by atoms with E-state index in [1.54, 1.807) is 0 Å². The summed E-state index contributed by atoms with van der Waals surface area (Å²) in [6, 6.07) is 2.63. The first-order valence-corrected chi connectivity index (χ1v) is 5.13. The molecule has 1 saturated heterocycles. The van der Waals surface area contributed by atoms with Gasteiger partial charge in [0.25, 0.3) is 0 Å². The average molecular weight is 190 g/mol. The van der Waals surface area contributed by atoms with Crippen molar-refractivity contribution in [3.8, 4) is 5.75 Å². The first kappa shape index (κ1) is 8.24. The Morgan fingerprint density at radius 3 is 3.29 bits per heavy atom. The molecule has 1 N–H and O–H groups in total. The molecule has 14 heavy (non-hydrogen) atoms. The molecule has 2 aliphatic rings. The SMILES string of the molecule is CC1CC2(CN1)Cc1ccncc1O2. The van der Waals surface area contributed by atoms with Crippen LogP contribution in [0, 0.1) is 0 Å². The average Bonchev–Trinajstić information content (AvgIpc) is 2.69. The third kappa shape index (κ3) is 1.12. The van der Waals surface area contributed by atoms with Crippen LogP contribution in [-0.2, 0) is 6.42 Å². The van der Waals surface area contributed by atoms with E-state index >= 15 is 0 Å². The molecule has 0 radical (unpaired) electrons. The van der Waals surface area contributed by atoms with Gasteiger partial charge in [-0.3, -0.25) is 4.98 Å². The van der Waals surface area contributed by atoms with Gasteiger partial charge in [0, 0.05) is 37.2 Å². The van der Waals surface area contributed by atoms with Crippen molar-refractivity contribution >= 4 is 0 Å². The van der Waals surface area contributed by atoms with Crippen molar-refractivity contribution in [3.63, 3.8) is 0 Å². The number of hydrogen-bond acceptors (Lipinski definition) is 3. The van der Waals surface area contributed by atoms with Crippen LogP contribution in [-0.4, -0.2) is 23.2 Å². The molecule has 0 amide bonds. The van der Waals surface area contributed by atoms with Crippen LogP contribution in [0.15, 0.2) is 18.5 Å². The molecule has 3 nitrogen and oxygen atoms in total. The monoisotopic (exact) mass is 190 g/mol. The van der Waals surface area contributed by atoms with E-state index in [4.69, 9.17) is 4.74 Å². The molecule has 1 aromatic heterocycles. The predicted molar refractivity (Wildman–Crippen MR) is 53.4 cm³/mol. The van der Waals surface area contributed by atoms with Gasteiger partial charge < -0.3 is 10.1 Å². The van der Waals surface area contributed by atoms with Crippen LogP contribution in [0.3, 0.4) is 0 Å². The normalized spacial score (nSPS) is 34.5. The largest absolute Gasteiger partial charge is 0.484 e. The van der Waals surface area contributed by atoms with Crippen molar-refractivity contribution in [1.82, 2.24) is 10.3 Å². The van der Waals surface area contributed by atoms with Gasteiger partial charge in [-0.1, -0.05) is 0 Å². The van der Waals surface area contributed by atoms with Gasteiger partial charge >= 0.3 is 0 Å². The second kappa shape index (κ2) is 2.70. The van der Waals surface area contributed by atoms with E-state index in [9.17, 15) is 0 Å². The summed E-state index contributed by atoms with van der Waals surface area (Å²) in [6.45, 7) is 3.17. The van der Waals surface area contributed by atoms with Gasteiger partial charge in [0.15, 0.2) is 0 Å². The molecule has 3 heterocycles. The first-order chi connectivity index (χ1) is 6.77. The summed E-state index contributed by atoms with van der Waals surface area (Å²) in [7, 11) is 0. The molecule has 74 valence electrons. The summed E-state index contributed by atoms with van der Waals surface area (Å²) in [5, 5.41) is 3.44. The van der Waals surface area contributed by atoms with Gasteiger partial charge in [-0.05, 0) is 13.0 Å². The molecule has 0 aromatic carbocycles. The van der Waals surface area contributed by atoms with Gasteiger partial charge in [-0.25, -0.2) is 0 Å². The summed E-state index contributed by atoms with van der Waals surface area (Å²) in [4.78, 5) is 4.08. The number of aromatic nitrogens is 1. The Kier molecular flexibility index (Phi) is 1.59. The lowest BCUT2D eigenvalue weighted by atomic mass is 9.95. The maximum absolute atomic E-state index is 6.00. The highest BCUT2D eigenvalue weighted by molar-refractivity contribution is 5.37. The smallest absolute Gasteiger partial charge is 0.141 e. The molecule has 1 spiro atoms.